The van der Waals surface area contributed by atoms with Crippen LogP contribution in [-0.4, -0.2) is 24.3 Å². The predicted molar refractivity (Wildman–Crippen MR) is 100 cm³/mol. The Bertz CT molecular complexity index is 764. The zero-order chi connectivity index (χ0) is 18.9. The van der Waals surface area contributed by atoms with E-state index >= 15 is 0 Å². The normalized spacial score (nSPS) is 10.2. The number of ketones is 1. The van der Waals surface area contributed by atoms with Crippen molar-refractivity contribution >= 4 is 23.3 Å². The van der Waals surface area contributed by atoms with Crippen molar-refractivity contribution in [2.24, 2.45) is 0 Å². The molecule has 0 saturated carbocycles. The van der Waals surface area contributed by atoms with E-state index in [4.69, 9.17) is 4.74 Å². The second-order valence-corrected chi connectivity index (χ2v) is 6.06. The summed E-state index contributed by atoms with van der Waals surface area (Å²) in [5.41, 5.74) is 2.63. The fourth-order valence-electron chi connectivity index (χ4n) is 2.43. The lowest BCUT2D eigenvalue weighted by atomic mass is 10.0. The Labute approximate surface area is 153 Å². The highest BCUT2D eigenvalue weighted by atomic mass is 16.5. The first-order chi connectivity index (χ1) is 12.5. The van der Waals surface area contributed by atoms with Gasteiger partial charge in [-0.3, -0.25) is 9.59 Å². The number of aryl methyl sites for hydroxylation is 1. The minimum Gasteiger partial charge on any atom is -0.454 e. The number of carbonyl (C=O) groups is 3. The van der Waals surface area contributed by atoms with Gasteiger partial charge >= 0.3 is 5.97 Å². The first-order valence-corrected chi connectivity index (χ1v) is 8.66. The van der Waals surface area contributed by atoms with Gasteiger partial charge in [0.25, 0.3) is 0 Å². The molecule has 0 atom stereocenters. The summed E-state index contributed by atoms with van der Waals surface area (Å²) in [6, 6.07) is 13.7. The lowest BCUT2D eigenvalue weighted by Gasteiger charge is -2.07. The fourth-order valence-corrected chi connectivity index (χ4v) is 2.43. The Morgan fingerprint density at radius 3 is 2.12 bits per heavy atom. The Hall–Kier alpha value is -2.95. The van der Waals surface area contributed by atoms with E-state index in [2.05, 4.69) is 12.2 Å². The van der Waals surface area contributed by atoms with E-state index in [1.54, 1.807) is 36.4 Å². The van der Waals surface area contributed by atoms with Gasteiger partial charge in [0.1, 0.15) is 0 Å². The zero-order valence-electron chi connectivity index (χ0n) is 15.1. The van der Waals surface area contributed by atoms with Gasteiger partial charge in [-0.15, -0.1) is 0 Å². The van der Waals surface area contributed by atoms with E-state index in [0.29, 0.717) is 16.8 Å². The molecule has 0 aliphatic rings. The maximum atomic E-state index is 12.2. The van der Waals surface area contributed by atoms with Gasteiger partial charge in [-0.05, 0) is 42.7 Å². The summed E-state index contributed by atoms with van der Waals surface area (Å²) < 4.78 is 5.08. The lowest BCUT2D eigenvalue weighted by Crippen LogP contribution is -2.14. The van der Waals surface area contributed by atoms with Crippen LogP contribution in [0, 0.1) is 0 Å². The third kappa shape index (κ3) is 5.84. The molecule has 0 fully saturated rings. The second-order valence-electron chi connectivity index (χ2n) is 6.06. The van der Waals surface area contributed by atoms with E-state index in [1.807, 2.05) is 12.1 Å². The molecule has 0 unspecified atom stereocenters. The van der Waals surface area contributed by atoms with Crippen LogP contribution in [0.2, 0.25) is 0 Å². The first-order valence-electron chi connectivity index (χ1n) is 8.66. The smallest absolute Gasteiger partial charge is 0.338 e. The van der Waals surface area contributed by atoms with E-state index < -0.39 is 5.97 Å². The van der Waals surface area contributed by atoms with Gasteiger partial charge in [-0.25, -0.2) is 4.79 Å². The van der Waals surface area contributed by atoms with E-state index in [0.717, 1.165) is 19.3 Å². The van der Waals surface area contributed by atoms with Crippen molar-refractivity contribution in [3.63, 3.8) is 0 Å². The minimum atomic E-state index is -0.577. The number of esters is 1. The number of carbonyl (C=O) groups excluding carboxylic acids is 3. The molecule has 2 rings (SSSR count). The van der Waals surface area contributed by atoms with Crippen LogP contribution in [0.25, 0.3) is 0 Å². The van der Waals surface area contributed by atoms with Crippen molar-refractivity contribution in [2.75, 3.05) is 11.9 Å². The molecule has 0 saturated heterocycles. The summed E-state index contributed by atoms with van der Waals surface area (Å²) in [7, 11) is 0. The largest absolute Gasteiger partial charge is 0.454 e. The number of rotatable bonds is 8. The van der Waals surface area contributed by atoms with Gasteiger partial charge in [0, 0.05) is 18.2 Å². The summed E-state index contributed by atoms with van der Waals surface area (Å²) >= 11 is 0. The summed E-state index contributed by atoms with van der Waals surface area (Å²) in [5, 5.41) is 2.61. The average molecular weight is 353 g/mol. The average Bonchev–Trinajstić information content (AvgIpc) is 2.64. The molecule has 1 amide bonds. The van der Waals surface area contributed by atoms with E-state index in [-0.39, 0.29) is 18.3 Å². The topological polar surface area (TPSA) is 72.5 Å². The number of benzene rings is 2. The molecule has 2 aromatic rings. The molecule has 0 heterocycles. The number of Topliss-reactive ketones (excluding diaryl/α,β-unsaturated/α-hetero) is 1. The summed E-state index contributed by atoms with van der Waals surface area (Å²) in [5.74, 6) is -1.01. The number of hydrogen-bond acceptors (Lipinski definition) is 4. The summed E-state index contributed by atoms with van der Waals surface area (Å²) in [4.78, 5) is 35.2. The number of unbranched alkanes of at least 4 members (excludes halogenated alkanes) is 1. The summed E-state index contributed by atoms with van der Waals surface area (Å²) in [6.45, 7) is 3.24. The molecule has 5 heteroatoms. The highest BCUT2D eigenvalue weighted by Crippen LogP contribution is 2.12. The molecule has 0 aliphatic heterocycles. The van der Waals surface area contributed by atoms with Crippen LogP contribution >= 0.6 is 0 Å². The van der Waals surface area contributed by atoms with Gasteiger partial charge in [0.2, 0.25) is 5.91 Å². The molecule has 0 aromatic heterocycles. The third-order valence-electron chi connectivity index (χ3n) is 3.87. The Kier molecular flexibility index (Phi) is 7.09. The molecule has 136 valence electrons. The van der Waals surface area contributed by atoms with Crippen LogP contribution in [0.3, 0.4) is 0 Å². The number of ether oxygens (including phenoxy) is 1. The molecule has 1 N–H and O–H groups in total. The fraction of sp³-hybridized carbons (Fsp3) is 0.286. The number of nitrogens with one attached hydrogen (secondary N) is 1. The molecular formula is C21H23NO4. The van der Waals surface area contributed by atoms with Crippen molar-refractivity contribution in [1.29, 1.82) is 0 Å². The van der Waals surface area contributed by atoms with Crippen molar-refractivity contribution in [3.8, 4) is 0 Å². The van der Waals surface area contributed by atoms with Crippen molar-refractivity contribution in [2.45, 2.75) is 33.1 Å². The van der Waals surface area contributed by atoms with Gasteiger partial charge in [0.05, 0.1) is 5.56 Å². The highest BCUT2D eigenvalue weighted by molar-refractivity contribution is 5.99. The number of hydrogen-bond donors (Lipinski definition) is 1. The number of amides is 1. The van der Waals surface area contributed by atoms with Crippen molar-refractivity contribution < 1.29 is 19.1 Å². The maximum Gasteiger partial charge on any atom is 0.338 e. The second kappa shape index (κ2) is 9.51. The highest BCUT2D eigenvalue weighted by Gasteiger charge is 2.12. The lowest BCUT2D eigenvalue weighted by molar-refractivity contribution is -0.114. The number of anilines is 1. The van der Waals surface area contributed by atoms with Crippen LogP contribution < -0.4 is 5.32 Å². The Morgan fingerprint density at radius 1 is 0.923 bits per heavy atom. The minimum absolute atomic E-state index is 0.188. The van der Waals surface area contributed by atoms with Crippen LogP contribution in [0.15, 0.2) is 48.5 Å². The van der Waals surface area contributed by atoms with Crippen molar-refractivity contribution in [1.82, 2.24) is 0 Å². The van der Waals surface area contributed by atoms with Gasteiger partial charge in [0.15, 0.2) is 12.4 Å². The SMILES string of the molecule is CCCCc1ccc(C(=O)COC(=O)c2ccc(NC(C)=O)cc2)cc1. The molecule has 2 aromatic carbocycles. The molecule has 5 nitrogen and oxygen atoms in total. The molecule has 0 bridgehead atoms. The monoisotopic (exact) mass is 353 g/mol. The molecular weight excluding hydrogens is 330 g/mol. The molecule has 26 heavy (non-hydrogen) atoms. The Morgan fingerprint density at radius 2 is 1.54 bits per heavy atom. The van der Waals surface area contributed by atoms with Gasteiger partial charge in [-0.2, -0.15) is 0 Å². The van der Waals surface area contributed by atoms with E-state index in [9.17, 15) is 14.4 Å². The first kappa shape index (κ1) is 19.4. The van der Waals surface area contributed by atoms with Gasteiger partial charge < -0.3 is 10.1 Å². The quantitative estimate of drug-likeness (QED) is 0.574. The standard InChI is InChI=1S/C21H23NO4/c1-3-4-5-16-6-8-17(9-7-16)20(24)14-26-21(25)18-10-12-19(13-11-18)22-15(2)23/h6-13H,3-5,14H2,1-2H3,(H,22,23). The van der Waals surface area contributed by atoms with Crippen LogP contribution in [-0.2, 0) is 16.0 Å². The van der Waals surface area contributed by atoms with E-state index in [1.165, 1.54) is 12.5 Å². The zero-order valence-corrected chi connectivity index (χ0v) is 15.1. The Balaban J connectivity index is 1.88. The third-order valence-corrected chi connectivity index (χ3v) is 3.87. The van der Waals surface area contributed by atoms with Crippen molar-refractivity contribution in [3.05, 3.63) is 65.2 Å². The maximum absolute atomic E-state index is 12.2. The molecule has 0 radical (unpaired) electrons. The predicted octanol–water partition coefficient (Wildman–Crippen LogP) is 4.03. The molecule has 0 spiro atoms. The summed E-state index contributed by atoms with van der Waals surface area (Å²) in [6.07, 6.45) is 3.24. The van der Waals surface area contributed by atoms with Crippen LogP contribution in [0.1, 0.15) is 53.0 Å². The van der Waals surface area contributed by atoms with Crippen LogP contribution in [0.5, 0.6) is 0 Å². The molecule has 0 aliphatic carbocycles. The van der Waals surface area contributed by atoms with Crippen LogP contribution in [0.4, 0.5) is 5.69 Å². The van der Waals surface area contributed by atoms with Gasteiger partial charge in [-0.1, -0.05) is 37.6 Å².